The van der Waals surface area contributed by atoms with E-state index in [1.165, 1.54) is 19.2 Å². The normalized spacial score (nSPS) is 11.8. The van der Waals surface area contributed by atoms with Crippen LogP contribution in [0.25, 0.3) is 11.1 Å². The Morgan fingerprint density at radius 3 is 2.63 bits per heavy atom. The molecule has 2 aromatic heterocycles. The highest BCUT2D eigenvalue weighted by Crippen LogP contribution is 2.31. The van der Waals surface area contributed by atoms with Gasteiger partial charge in [-0.1, -0.05) is 0 Å². The molecule has 0 aliphatic rings. The van der Waals surface area contributed by atoms with E-state index in [4.69, 9.17) is 10.5 Å². The zero-order valence-electron chi connectivity index (χ0n) is 14.9. The van der Waals surface area contributed by atoms with Gasteiger partial charge in [-0.25, -0.2) is 4.39 Å². The van der Waals surface area contributed by atoms with Crippen molar-refractivity contribution in [3.05, 3.63) is 78.1 Å². The average molecular weight is 365 g/mol. The molecule has 1 atom stereocenters. The fourth-order valence-corrected chi connectivity index (χ4v) is 3.10. The highest BCUT2D eigenvalue weighted by Gasteiger charge is 2.17. The van der Waals surface area contributed by atoms with E-state index in [1.807, 2.05) is 24.3 Å². The number of rotatable bonds is 7. The maximum atomic E-state index is 13.5. The maximum Gasteiger partial charge on any atom is 0.218 e. The van der Waals surface area contributed by atoms with Gasteiger partial charge in [0.2, 0.25) is 5.91 Å². The third kappa shape index (κ3) is 4.67. The number of nitrogens with two attached hydrogens (primary N) is 1. The second-order valence-corrected chi connectivity index (χ2v) is 6.23. The summed E-state index contributed by atoms with van der Waals surface area (Å²) in [7, 11) is 1.51. The number of hydrogen-bond acceptors (Lipinski definition) is 4. The molecule has 1 unspecified atom stereocenters. The van der Waals surface area contributed by atoms with Gasteiger partial charge in [-0.2, -0.15) is 0 Å². The molecule has 3 rings (SSSR count). The predicted molar refractivity (Wildman–Crippen MR) is 101 cm³/mol. The van der Waals surface area contributed by atoms with Crippen molar-refractivity contribution in [2.75, 3.05) is 7.11 Å². The standard InChI is InChI=1S/C21H20FN3O2/c1-27-20-13-17(22)2-3-19(20)15-6-9-25-18(10-15)11-16(12-21(23)26)14-4-7-24-8-5-14/h2-10,13,16H,11-12H2,1H3,(H2,23,26). The van der Waals surface area contributed by atoms with E-state index in [0.29, 0.717) is 12.2 Å². The van der Waals surface area contributed by atoms with E-state index in [-0.39, 0.29) is 24.1 Å². The Hall–Kier alpha value is -3.28. The molecular weight excluding hydrogens is 345 g/mol. The molecular formula is C21H20FN3O2. The van der Waals surface area contributed by atoms with E-state index in [9.17, 15) is 9.18 Å². The molecule has 0 aliphatic heterocycles. The second-order valence-electron chi connectivity index (χ2n) is 6.23. The molecule has 6 heteroatoms. The summed E-state index contributed by atoms with van der Waals surface area (Å²) in [5.41, 5.74) is 8.86. The van der Waals surface area contributed by atoms with Crippen LogP contribution in [0.4, 0.5) is 4.39 Å². The number of aromatic nitrogens is 2. The number of methoxy groups -OCH3 is 1. The summed E-state index contributed by atoms with van der Waals surface area (Å²) >= 11 is 0. The van der Waals surface area contributed by atoms with Crippen LogP contribution in [0.5, 0.6) is 5.75 Å². The summed E-state index contributed by atoms with van der Waals surface area (Å²) in [6.45, 7) is 0. The first-order chi connectivity index (χ1) is 13.1. The molecule has 1 aromatic carbocycles. The number of nitrogens with zero attached hydrogens (tertiary/aromatic N) is 2. The minimum atomic E-state index is -0.367. The summed E-state index contributed by atoms with van der Waals surface area (Å²) in [6.07, 6.45) is 5.84. The van der Waals surface area contributed by atoms with Crippen LogP contribution in [0.15, 0.2) is 61.1 Å². The molecule has 0 bridgehead atoms. The van der Waals surface area contributed by atoms with E-state index in [2.05, 4.69) is 9.97 Å². The van der Waals surface area contributed by atoms with Gasteiger partial charge < -0.3 is 10.5 Å². The van der Waals surface area contributed by atoms with Gasteiger partial charge in [-0.15, -0.1) is 0 Å². The molecule has 0 aliphatic carbocycles. The Labute approximate surface area is 157 Å². The van der Waals surface area contributed by atoms with E-state index >= 15 is 0 Å². The number of amides is 1. The summed E-state index contributed by atoms with van der Waals surface area (Å²) in [4.78, 5) is 20.0. The highest BCUT2D eigenvalue weighted by molar-refractivity contribution is 5.75. The van der Waals surface area contributed by atoms with Crippen molar-refractivity contribution in [1.29, 1.82) is 0 Å². The number of pyridine rings is 2. The van der Waals surface area contributed by atoms with Gasteiger partial charge in [0, 0.05) is 42.3 Å². The lowest BCUT2D eigenvalue weighted by Crippen LogP contribution is -2.17. The Balaban J connectivity index is 1.91. The fourth-order valence-electron chi connectivity index (χ4n) is 3.10. The quantitative estimate of drug-likeness (QED) is 0.695. The lowest BCUT2D eigenvalue weighted by atomic mass is 9.90. The molecule has 3 aromatic rings. The molecule has 0 spiro atoms. The topological polar surface area (TPSA) is 78.1 Å². The minimum Gasteiger partial charge on any atom is -0.496 e. The highest BCUT2D eigenvalue weighted by atomic mass is 19.1. The van der Waals surface area contributed by atoms with Gasteiger partial charge in [0.25, 0.3) is 0 Å². The number of primary amides is 1. The molecule has 1 amide bonds. The monoisotopic (exact) mass is 365 g/mol. The van der Waals surface area contributed by atoms with Crippen LogP contribution in [0.2, 0.25) is 0 Å². The maximum absolute atomic E-state index is 13.5. The molecule has 0 saturated carbocycles. The second kappa shape index (κ2) is 8.40. The van der Waals surface area contributed by atoms with Crippen molar-refractivity contribution in [2.24, 2.45) is 5.73 Å². The van der Waals surface area contributed by atoms with Gasteiger partial charge in [0.1, 0.15) is 11.6 Å². The van der Waals surface area contributed by atoms with Gasteiger partial charge in [0.05, 0.1) is 7.11 Å². The molecule has 2 heterocycles. The SMILES string of the molecule is COc1cc(F)ccc1-c1ccnc(CC(CC(N)=O)c2ccncc2)c1. The van der Waals surface area contributed by atoms with Crippen molar-refractivity contribution in [2.45, 2.75) is 18.8 Å². The first kappa shape index (κ1) is 18.5. The number of benzene rings is 1. The van der Waals surface area contributed by atoms with Gasteiger partial charge in [-0.3, -0.25) is 14.8 Å². The summed E-state index contributed by atoms with van der Waals surface area (Å²) < 4.78 is 18.8. The third-order valence-electron chi connectivity index (χ3n) is 4.37. The molecule has 138 valence electrons. The van der Waals surface area contributed by atoms with Crippen molar-refractivity contribution in [3.63, 3.8) is 0 Å². The molecule has 5 nitrogen and oxygen atoms in total. The molecule has 27 heavy (non-hydrogen) atoms. The Bertz CT molecular complexity index is 932. The number of halogens is 1. The van der Waals surface area contributed by atoms with Crippen LogP contribution in [-0.4, -0.2) is 23.0 Å². The average Bonchev–Trinajstić information content (AvgIpc) is 2.68. The van der Waals surface area contributed by atoms with Gasteiger partial charge in [-0.05, 0) is 59.9 Å². The van der Waals surface area contributed by atoms with E-state index < -0.39 is 0 Å². The Kier molecular flexibility index (Phi) is 5.76. The Morgan fingerprint density at radius 1 is 1.15 bits per heavy atom. The molecule has 0 saturated heterocycles. The minimum absolute atomic E-state index is 0.0941. The number of carbonyl (C=O) groups excluding carboxylic acids is 1. The van der Waals surface area contributed by atoms with Crippen LogP contribution in [0.1, 0.15) is 23.6 Å². The molecule has 2 N–H and O–H groups in total. The van der Waals surface area contributed by atoms with Crippen molar-refractivity contribution in [3.8, 4) is 16.9 Å². The summed E-state index contributed by atoms with van der Waals surface area (Å²) in [5.74, 6) is -0.365. The van der Waals surface area contributed by atoms with E-state index in [0.717, 1.165) is 22.4 Å². The van der Waals surface area contributed by atoms with E-state index in [1.54, 1.807) is 24.7 Å². The van der Waals surface area contributed by atoms with Crippen molar-refractivity contribution >= 4 is 5.91 Å². The number of carbonyl (C=O) groups is 1. The van der Waals surface area contributed by atoms with Crippen LogP contribution >= 0.6 is 0 Å². The number of hydrogen-bond donors (Lipinski definition) is 1. The lowest BCUT2D eigenvalue weighted by molar-refractivity contribution is -0.118. The summed E-state index contributed by atoms with van der Waals surface area (Å²) in [6, 6.07) is 11.9. The molecule has 0 fully saturated rings. The van der Waals surface area contributed by atoms with Crippen molar-refractivity contribution in [1.82, 2.24) is 9.97 Å². The third-order valence-corrected chi connectivity index (χ3v) is 4.37. The smallest absolute Gasteiger partial charge is 0.218 e. The van der Waals surface area contributed by atoms with Crippen LogP contribution in [0.3, 0.4) is 0 Å². The fraction of sp³-hybridized carbons (Fsp3) is 0.190. The van der Waals surface area contributed by atoms with Crippen LogP contribution < -0.4 is 10.5 Å². The predicted octanol–water partition coefficient (Wildman–Crippen LogP) is 3.49. The van der Waals surface area contributed by atoms with Crippen LogP contribution in [-0.2, 0) is 11.2 Å². The van der Waals surface area contributed by atoms with Gasteiger partial charge >= 0.3 is 0 Å². The lowest BCUT2D eigenvalue weighted by Gasteiger charge is -2.16. The number of ether oxygens (including phenoxy) is 1. The zero-order chi connectivity index (χ0) is 19.2. The van der Waals surface area contributed by atoms with Crippen molar-refractivity contribution < 1.29 is 13.9 Å². The first-order valence-corrected chi connectivity index (χ1v) is 8.54. The van der Waals surface area contributed by atoms with Crippen LogP contribution in [0, 0.1) is 5.82 Å². The zero-order valence-corrected chi connectivity index (χ0v) is 14.9. The molecule has 0 radical (unpaired) electrons. The summed E-state index contributed by atoms with van der Waals surface area (Å²) in [5, 5.41) is 0. The Morgan fingerprint density at radius 2 is 1.93 bits per heavy atom. The largest absolute Gasteiger partial charge is 0.496 e. The first-order valence-electron chi connectivity index (χ1n) is 8.54. The van der Waals surface area contributed by atoms with Gasteiger partial charge in [0.15, 0.2) is 0 Å².